The third-order valence-corrected chi connectivity index (χ3v) is 4.75. The average molecular weight is 303 g/mol. The van der Waals surface area contributed by atoms with Gasteiger partial charge in [0.2, 0.25) is 0 Å². The van der Waals surface area contributed by atoms with Crippen molar-refractivity contribution in [3.05, 3.63) is 41.2 Å². The molecule has 1 N–H and O–H groups in total. The van der Waals surface area contributed by atoms with Crippen LogP contribution in [0.3, 0.4) is 0 Å². The molecule has 0 bridgehead atoms. The smallest absolute Gasteiger partial charge is 0.313 e. The molecule has 2 aromatic rings. The lowest BCUT2D eigenvalue weighted by Gasteiger charge is -2.31. The molecule has 0 aliphatic heterocycles. The first kappa shape index (κ1) is 14.1. The van der Waals surface area contributed by atoms with Crippen LogP contribution in [0.4, 0.5) is 0 Å². The summed E-state index contributed by atoms with van der Waals surface area (Å²) >= 11 is 1.24. The van der Waals surface area contributed by atoms with E-state index in [0.717, 1.165) is 25.2 Å². The highest BCUT2D eigenvalue weighted by molar-refractivity contribution is 7.99. The van der Waals surface area contributed by atoms with Crippen molar-refractivity contribution in [1.82, 2.24) is 14.8 Å². The number of carbonyl (C=O) groups is 1. The number of benzene rings is 1. The van der Waals surface area contributed by atoms with E-state index in [1.165, 1.54) is 22.9 Å². The van der Waals surface area contributed by atoms with Crippen molar-refractivity contribution in [1.29, 1.82) is 0 Å². The summed E-state index contributed by atoms with van der Waals surface area (Å²) in [6.07, 6.45) is 1.87. The van der Waals surface area contributed by atoms with E-state index in [4.69, 9.17) is 5.11 Å². The van der Waals surface area contributed by atoms with Gasteiger partial charge in [-0.05, 0) is 17.5 Å². The SMILES string of the molecule is CCc1nnc(SCC(=O)O)n1CC1Cc2ccccc21. The van der Waals surface area contributed by atoms with Gasteiger partial charge in [0.1, 0.15) is 5.82 Å². The number of thioether (sulfide) groups is 1. The van der Waals surface area contributed by atoms with Crippen molar-refractivity contribution in [2.24, 2.45) is 0 Å². The Balaban J connectivity index is 1.78. The summed E-state index contributed by atoms with van der Waals surface area (Å²) in [5.74, 6) is 0.587. The molecule has 1 heterocycles. The van der Waals surface area contributed by atoms with E-state index in [-0.39, 0.29) is 5.75 Å². The van der Waals surface area contributed by atoms with Gasteiger partial charge < -0.3 is 9.67 Å². The highest BCUT2D eigenvalue weighted by Gasteiger charge is 2.27. The van der Waals surface area contributed by atoms with E-state index in [1.807, 2.05) is 6.92 Å². The van der Waals surface area contributed by atoms with E-state index in [9.17, 15) is 4.79 Å². The molecule has 1 aliphatic carbocycles. The number of nitrogens with zero attached hydrogens (tertiary/aromatic N) is 3. The van der Waals surface area contributed by atoms with Gasteiger partial charge in [-0.25, -0.2) is 0 Å². The molecule has 21 heavy (non-hydrogen) atoms. The number of aromatic nitrogens is 3. The molecule has 1 aromatic carbocycles. The molecule has 0 fully saturated rings. The molecule has 6 heteroatoms. The number of rotatable bonds is 6. The van der Waals surface area contributed by atoms with Crippen LogP contribution in [-0.2, 0) is 24.2 Å². The van der Waals surface area contributed by atoms with Crippen LogP contribution in [-0.4, -0.2) is 31.6 Å². The quantitative estimate of drug-likeness (QED) is 0.830. The van der Waals surface area contributed by atoms with Gasteiger partial charge in [0.25, 0.3) is 0 Å². The van der Waals surface area contributed by atoms with Gasteiger partial charge in [-0.15, -0.1) is 10.2 Å². The Hall–Kier alpha value is -1.82. The Bertz CT molecular complexity index is 669. The number of aryl methyl sites for hydroxylation is 1. The molecular weight excluding hydrogens is 286 g/mol. The number of fused-ring (bicyclic) bond motifs is 1. The largest absolute Gasteiger partial charge is 0.481 e. The summed E-state index contributed by atoms with van der Waals surface area (Å²) in [7, 11) is 0. The first-order valence-electron chi connectivity index (χ1n) is 7.03. The van der Waals surface area contributed by atoms with Gasteiger partial charge in [0.05, 0.1) is 5.75 Å². The fourth-order valence-electron chi connectivity index (χ4n) is 2.74. The fourth-order valence-corrected chi connectivity index (χ4v) is 3.43. The number of hydrogen-bond donors (Lipinski definition) is 1. The van der Waals surface area contributed by atoms with Crippen molar-refractivity contribution in [2.75, 3.05) is 5.75 Å². The van der Waals surface area contributed by atoms with Gasteiger partial charge in [0, 0.05) is 18.9 Å². The molecule has 1 atom stereocenters. The second-order valence-corrected chi connectivity index (χ2v) is 6.09. The van der Waals surface area contributed by atoms with Crippen LogP contribution in [0.1, 0.15) is 29.8 Å². The molecule has 3 rings (SSSR count). The Kier molecular flexibility index (Phi) is 3.96. The van der Waals surface area contributed by atoms with Crippen LogP contribution in [0.15, 0.2) is 29.4 Å². The molecule has 1 unspecified atom stereocenters. The van der Waals surface area contributed by atoms with Crippen LogP contribution >= 0.6 is 11.8 Å². The molecule has 5 nitrogen and oxygen atoms in total. The number of hydrogen-bond acceptors (Lipinski definition) is 4. The maximum atomic E-state index is 10.7. The van der Waals surface area contributed by atoms with E-state index < -0.39 is 5.97 Å². The lowest BCUT2D eigenvalue weighted by atomic mass is 9.77. The zero-order chi connectivity index (χ0) is 14.8. The van der Waals surface area contributed by atoms with Crippen LogP contribution in [0.2, 0.25) is 0 Å². The molecule has 0 radical (unpaired) electrons. The zero-order valence-electron chi connectivity index (χ0n) is 11.8. The molecule has 1 aromatic heterocycles. The van der Waals surface area contributed by atoms with Gasteiger partial charge in [-0.3, -0.25) is 4.79 Å². The van der Waals surface area contributed by atoms with E-state index >= 15 is 0 Å². The predicted molar refractivity (Wildman–Crippen MR) is 80.6 cm³/mol. The summed E-state index contributed by atoms with van der Waals surface area (Å²) in [4.78, 5) is 10.7. The monoisotopic (exact) mass is 303 g/mol. The van der Waals surface area contributed by atoms with E-state index in [2.05, 4.69) is 39.0 Å². The Morgan fingerprint density at radius 3 is 2.95 bits per heavy atom. The van der Waals surface area contributed by atoms with Gasteiger partial charge in [-0.1, -0.05) is 43.0 Å². The second kappa shape index (κ2) is 5.89. The maximum absolute atomic E-state index is 10.7. The highest BCUT2D eigenvalue weighted by atomic mass is 32.2. The fraction of sp³-hybridized carbons (Fsp3) is 0.400. The number of carboxylic acids is 1. The molecule has 0 spiro atoms. The molecule has 0 amide bonds. The van der Waals surface area contributed by atoms with Crippen LogP contribution in [0.5, 0.6) is 0 Å². The summed E-state index contributed by atoms with van der Waals surface area (Å²) < 4.78 is 2.08. The first-order valence-corrected chi connectivity index (χ1v) is 8.02. The lowest BCUT2D eigenvalue weighted by Crippen LogP contribution is -2.23. The minimum absolute atomic E-state index is 0.0170. The standard InChI is InChI=1S/C15H17N3O2S/c1-2-13-16-17-15(21-9-14(19)20)18(13)8-11-7-10-5-3-4-6-12(10)11/h3-6,11H,2,7-9H2,1H3,(H,19,20). The third kappa shape index (κ3) is 2.81. The molecule has 0 saturated carbocycles. The Labute approximate surface area is 127 Å². The minimum atomic E-state index is -0.832. The third-order valence-electron chi connectivity index (χ3n) is 3.80. The van der Waals surface area contributed by atoms with E-state index in [0.29, 0.717) is 11.1 Å². The highest BCUT2D eigenvalue weighted by Crippen LogP contribution is 2.37. The van der Waals surface area contributed by atoms with Crippen LogP contribution in [0.25, 0.3) is 0 Å². The van der Waals surface area contributed by atoms with Crippen LogP contribution in [0, 0.1) is 0 Å². The lowest BCUT2D eigenvalue weighted by molar-refractivity contribution is -0.133. The van der Waals surface area contributed by atoms with Gasteiger partial charge in [0.15, 0.2) is 5.16 Å². The summed E-state index contributed by atoms with van der Waals surface area (Å²) in [5.41, 5.74) is 2.80. The Morgan fingerprint density at radius 1 is 1.43 bits per heavy atom. The molecule has 0 saturated heterocycles. The van der Waals surface area contributed by atoms with Gasteiger partial charge >= 0.3 is 5.97 Å². The van der Waals surface area contributed by atoms with Crippen molar-refractivity contribution >= 4 is 17.7 Å². The molecule has 110 valence electrons. The molecular formula is C15H17N3O2S. The summed E-state index contributed by atoms with van der Waals surface area (Å²) in [5, 5.41) is 17.8. The average Bonchev–Trinajstić information content (AvgIpc) is 2.84. The Morgan fingerprint density at radius 2 is 2.24 bits per heavy atom. The van der Waals surface area contributed by atoms with Crippen LogP contribution < -0.4 is 0 Å². The van der Waals surface area contributed by atoms with Crippen molar-refractivity contribution < 1.29 is 9.90 Å². The van der Waals surface area contributed by atoms with E-state index in [1.54, 1.807) is 0 Å². The zero-order valence-corrected chi connectivity index (χ0v) is 12.6. The topological polar surface area (TPSA) is 68.0 Å². The summed E-state index contributed by atoms with van der Waals surface area (Å²) in [6, 6.07) is 8.47. The normalized spacial score (nSPS) is 16.3. The number of carboxylic acid groups (broad SMARTS) is 1. The number of aliphatic carboxylic acids is 1. The van der Waals surface area contributed by atoms with Crippen molar-refractivity contribution in [3.63, 3.8) is 0 Å². The molecule has 1 aliphatic rings. The second-order valence-electron chi connectivity index (χ2n) is 5.15. The van der Waals surface area contributed by atoms with Crippen molar-refractivity contribution in [3.8, 4) is 0 Å². The minimum Gasteiger partial charge on any atom is -0.481 e. The van der Waals surface area contributed by atoms with Crippen molar-refractivity contribution in [2.45, 2.75) is 37.4 Å². The van der Waals surface area contributed by atoms with Gasteiger partial charge in [-0.2, -0.15) is 0 Å². The summed E-state index contributed by atoms with van der Waals surface area (Å²) in [6.45, 7) is 2.87. The maximum Gasteiger partial charge on any atom is 0.313 e. The first-order chi connectivity index (χ1) is 10.2. The predicted octanol–water partition coefficient (Wildman–Crippen LogP) is 2.36.